The number of halogens is 2. The molecule has 0 fully saturated rings. The fraction of sp³-hybridized carbons (Fsp3) is 0.304. The van der Waals surface area contributed by atoms with Crippen molar-refractivity contribution < 1.29 is 4.39 Å². The maximum absolute atomic E-state index is 13.6. The Morgan fingerprint density at radius 3 is 2.79 bits per heavy atom. The quantitative estimate of drug-likeness (QED) is 0.592. The second kappa shape index (κ2) is 8.47. The molecule has 6 heteroatoms. The van der Waals surface area contributed by atoms with Gasteiger partial charge in [-0.15, -0.1) is 0 Å². The highest BCUT2D eigenvalue weighted by Crippen LogP contribution is 2.35. The van der Waals surface area contributed by atoms with E-state index in [4.69, 9.17) is 17.3 Å². The Bertz CT molecular complexity index is 979. The topological polar surface area (TPSA) is 62.1 Å². The monoisotopic (exact) mass is 412 g/mol. The zero-order valence-corrected chi connectivity index (χ0v) is 17.2. The molecule has 4 rings (SSSR count). The minimum absolute atomic E-state index is 0.0538. The van der Waals surface area contributed by atoms with Crippen LogP contribution in [0.3, 0.4) is 0 Å². The molecule has 0 bridgehead atoms. The average molecular weight is 413 g/mol. The molecule has 2 heterocycles. The van der Waals surface area contributed by atoms with Crippen molar-refractivity contribution in [3.05, 3.63) is 75.7 Å². The molecule has 2 aromatic rings. The SMILES string of the molecule is C/C(N)=C1/NCCC(Nc2ccc(F)c(Cl)c2)c2cc(C3=CCNCC3)ccc21. The average Bonchev–Trinajstić information content (AvgIpc) is 2.91. The lowest BCUT2D eigenvalue weighted by molar-refractivity contribution is 0.628. The molecule has 4 nitrogen and oxygen atoms in total. The van der Waals surface area contributed by atoms with Gasteiger partial charge in [0.2, 0.25) is 0 Å². The molecule has 0 saturated heterocycles. The summed E-state index contributed by atoms with van der Waals surface area (Å²) in [5.41, 5.74) is 13.6. The van der Waals surface area contributed by atoms with E-state index >= 15 is 0 Å². The van der Waals surface area contributed by atoms with Gasteiger partial charge in [-0.3, -0.25) is 0 Å². The number of fused-ring (bicyclic) bond motifs is 1. The molecule has 2 aliphatic rings. The Kier molecular flexibility index (Phi) is 5.79. The second-order valence-corrected chi connectivity index (χ2v) is 7.99. The Morgan fingerprint density at radius 2 is 2.07 bits per heavy atom. The fourth-order valence-electron chi connectivity index (χ4n) is 4.04. The van der Waals surface area contributed by atoms with Crippen LogP contribution in [0.1, 0.15) is 42.5 Å². The third kappa shape index (κ3) is 4.26. The van der Waals surface area contributed by atoms with Gasteiger partial charge in [0.1, 0.15) is 5.82 Å². The molecule has 0 radical (unpaired) electrons. The summed E-state index contributed by atoms with van der Waals surface area (Å²) in [6.07, 6.45) is 4.14. The van der Waals surface area contributed by atoms with Crippen LogP contribution in [0.4, 0.5) is 10.1 Å². The molecule has 152 valence electrons. The van der Waals surface area contributed by atoms with E-state index in [2.05, 4.69) is 40.2 Å². The summed E-state index contributed by atoms with van der Waals surface area (Å²) in [4.78, 5) is 0. The summed E-state index contributed by atoms with van der Waals surface area (Å²) in [5, 5.41) is 10.5. The summed E-state index contributed by atoms with van der Waals surface area (Å²) in [5.74, 6) is -0.413. The van der Waals surface area contributed by atoms with E-state index in [1.165, 1.54) is 22.8 Å². The summed E-state index contributed by atoms with van der Waals surface area (Å²) in [6.45, 7) is 4.60. The fourth-order valence-corrected chi connectivity index (χ4v) is 4.22. The zero-order valence-electron chi connectivity index (χ0n) is 16.5. The van der Waals surface area contributed by atoms with Gasteiger partial charge in [-0.1, -0.05) is 29.8 Å². The van der Waals surface area contributed by atoms with Gasteiger partial charge < -0.3 is 21.7 Å². The van der Waals surface area contributed by atoms with Crippen LogP contribution >= 0.6 is 11.6 Å². The Morgan fingerprint density at radius 1 is 1.21 bits per heavy atom. The summed E-state index contributed by atoms with van der Waals surface area (Å²) in [7, 11) is 0. The van der Waals surface area contributed by atoms with Gasteiger partial charge in [0.15, 0.2) is 0 Å². The van der Waals surface area contributed by atoms with Gasteiger partial charge in [-0.05, 0) is 67.3 Å². The summed E-state index contributed by atoms with van der Waals surface area (Å²) < 4.78 is 13.6. The first-order valence-corrected chi connectivity index (χ1v) is 10.4. The zero-order chi connectivity index (χ0) is 20.4. The first-order valence-electron chi connectivity index (χ1n) is 9.99. The summed E-state index contributed by atoms with van der Waals surface area (Å²) >= 11 is 5.99. The van der Waals surface area contributed by atoms with E-state index in [0.29, 0.717) is 0 Å². The number of nitrogens with two attached hydrogens (primary N) is 1. The lowest BCUT2D eigenvalue weighted by atomic mass is 9.91. The smallest absolute Gasteiger partial charge is 0.141 e. The minimum atomic E-state index is -0.413. The van der Waals surface area contributed by atoms with Crippen molar-refractivity contribution >= 4 is 28.6 Å². The molecular formula is C23H26ClFN4. The van der Waals surface area contributed by atoms with Crippen molar-refractivity contribution in [1.29, 1.82) is 0 Å². The van der Waals surface area contributed by atoms with Crippen molar-refractivity contribution in [2.45, 2.75) is 25.8 Å². The molecule has 2 aromatic carbocycles. The van der Waals surface area contributed by atoms with Crippen molar-refractivity contribution in [3.8, 4) is 0 Å². The number of allylic oxidation sites excluding steroid dienone is 1. The predicted molar refractivity (Wildman–Crippen MR) is 119 cm³/mol. The standard InChI is InChI=1S/C23H26ClFN4/c1-14(26)23-18-4-2-16(15-6-9-27-10-7-15)12-19(18)22(8-11-28-23)29-17-3-5-21(25)20(24)13-17/h2-6,12-13,22,27-29H,7-11,26H2,1H3/b23-14-. The van der Waals surface area contributed by atoms with Crippen molar-refractivity contribution in [1.82, 2.24) is 10.6 Å². The molecule has 29 heavy (non-hydrogen) atoms. The summed E-state index contributed by atoms with van der Waals surface area (Å²) in [6, 6.07) is 11.4. The molecule has 2 aliphatic heterocycles. The van der Waals surface area contributed by atoms with E-state index in [1.54, 1.807) is 12.1 Å². The van der Waals surface area contributed by atoms with Crippen molar-refractivity contribution in [2.75, 3.05) is 25.0 Å². The molecule has 0 amide bonds. The normalized spacial score (nSPS) is 20.8. The highest BCUT2D eigenvalue weighted by Gasteiger charge is 2.23. The van der Waals surface area contributed by atoms with Gasteiger partial charge in [0.05, 0.1) is 16.8 Å². The minimum Gasteiger partial charge on any atom is -0.401 e. The molecule has 0 aromatic heterocycles. The number of anilines is 1. The van der Waals surface area contributed by atoms with Crippen molar-refractivity contribution in [3.63, 3.8) is 0 Å². The Balaban J connectivity index is 1.76. The van der Waals surface area contributed by atoms with Crippen LogP contribution in [0, 0.1) is 5.82 Å². The van der Waals surface area contributed by atoms with Crippen LogP contribution in [0.5, 0.6) is 0 Å². The molecule has 1 unspecified atom stereocenters. The lowest BCUT2D eigenvalue weighted by Crippen LogP contribution is -2.20. The first kappa shape index (κ1) is 19.8. The van der Waals surface area contributed by atoms with Gasteiger partial charge >= 0.3 is 0 Å². The van der Waals surface area contributed by atoms with Crippen LogP contribution in [-0.2, 0) is 0 Å². The van der Waals surface area contributed by atoms with E-state index < -0.39 is 5.82 Å². The molecular weight excluding hydrogens is 387 g/mol. The van der Waals surface area contributed by atoms with Crippen LogP contribution < -0.4 is 21.7 Å². The number of hydrogen-bond donors (Lipinski definition) is 4. The number of benzene rings is 2. The molecule has 0 saturated carbocycles. The third-order valence-electron chi connectivity index (χ3n) is 5.52. The largest absolute Gasteiger partial charge is 0.401 e. The van der Waals surface area contributed by atoms with E-state index in [0.717, 1.165) is 55.1 Å². The number of nitrogens with one attached hydrogen (secondary N) is 3. The lowest BCUT2D eigenvalue weighted by Gasteiger charge is -2.23. The predicted octanol–water partition coefficient (Wildman–Crippen LogP) is 4.65. The van der Waals surface area contributed by atoms with E-state index in [9.17, 15) is 4.39 Å². The van der Waals surface area contributed by atoms with Gasteiger partial charge in [0, 0.05) is 30.0 Å². The Labute approximate surface area is 176 Å². The van der Waals surface area contributed by atoms with Crippen molar-refractivity contribution in [2.24, 2.45) is 5.73 Å². The molecule has 1 atom stereocenters. The van der Waals surface area contributed by atoms with Crippen LogP contribution in [0.15, 0.2) is 48.2 Å². The van der Waals surface area contributed by atoms with E-state index in [1.807, 2.05) is 6.92 Å². The highest BCUT2D eigenvalue weighted by molar-refractivity contribution is 6.31. The Hall–Kier alpha value is -2.50. The van der Waals surface area contributed by atoms with Gasteiger partial charge in [-0.25, -0.2) is 4.39 Å². The molecule has 0 spiro atoms. The van der Waals surface area contributed by atoms with E-state index in [-0.39, 0.29) is 11.1 Å². The number of rotatable bonds is 3. The van der Waals surface area contributed by atoms with Gasteiger partial charge in [0.25, 0.3) is 0 Å². The van der Waals surface area contributed by atoms with Crippen LogP contribution in [0.25, 0.3) is 11.3 Å². The van der Waals surface area contributed by atoms with Crippen LogP contribution in [0.2, 0.25) is 5.02 Å². The first-order chi connectivity index (χ1) is 14.0. The molecule has 5 N–H and O–H groups in total. The maximum Gasteiger partial charge on any atom is 0.141 e. The van der Waals surface area contributed by atoms with Crippen LogP contribution in [-0.4, -0.2) is 19.6 Å². The third-order valence-corrected chi connectivity index (χ3v) is 5.81. The molecule has 0 aliphatic carbocycles. The second-order valence-electron chi connectivity index (χ2n) is 7.58. The maximum atomic E-state index is 13.6. The van der Waals surface area contributed by atoms with Gasteiger partial charge in [-0.2, -0.15) is 0 Å². The highest BCUT2D eigenvalue weighted by atomic mass is 35.5. The number of hydrogen-bond acceptors (Lipinski definition) is 4.